The number of rotatable bonds is 4. The molecule has 2 rings (SSSR count). The van der Waals surface area contributed by atoms with E-state index in [-0.39, 0.29) is 12.2 Å². The van der Waals surface area contributed by atoms with Crippen LogP contribution in [0.5, 0.6) is 5.75 Å². The Kier molecular flexibility index (Phi) is 3.76. The van der Waals surface area contributed by atoms with Crippen molar-refractivity contribution in [2.24, 2.45) is 7.05 Å². The Morgan fingerprint density at radius 1 is 1.53 bits per heavy atom. The third-order valence-corrected chi connectivity index (χ3v) is 3.10. The normalized spacial score (nSPS) is 10.5. The minimum atomic E-state index is -1.02. The first kappa shape index (κ1) is 13.4. The highest BCUT2D eigenvalue weighted by atomic mass is 35.5. The number of carboxylic acid groups (broad SMARTS) is 1. The average Bonchev–Trinajstić information content (AvgIpc) is 2.67. The number of hydrogen-bond donors (Lipinski definition) is 1. The summed E-state index contributed by atoms with van der Waals surface area (Å²) in [5, 5.41) is 9.59. The van der Waals surface area contributed by atoms with E-state index in [1.54, 1.807) is 23.7 Å². The zero-order valence-corrected chi connectivity index (χ0v) is 11.3. The third-order valence-electron chi connectivity index (χ3n) is 2.75. The summed E-state index contributed by atoms with van der Waals surface area (Å²) in [6.07, 6.45) is 1.52. The van der Waals surface area contributed by atoms with Crippen molar-refractivity contribution in [2.45, 2.75) is 13.5 Å². The number of carboxylic acids is 1. The van der Waals surface area contributed by atoms with Crippen LogP contribution < -0.4 is 4.74 Å². The van der Waals surface area contributed by atoms with Crippen LogP contribution in [0.2, 0.25) is 5.15 Å². The fourth-order valence-corrected chi connectivity index (χ4v) is 1.77. The Labute approximate surface area is 115 Å². The second-order valence-electron chi connectivity index (χ2n) is 4.15. The van der Waals surface area contributed by atoms with Gasteiger partial charge in [0.25, 0.3) is 0 Å². The fraction of sp³-hybridized carbons (Fsp3) is 0.231. The molecule has 100 valence electrons. The van der Waals surface area contributed by atoms with E-state index in [1.165, 1.54) is 12.3 Å². The molecule has 1 heterocycles. The average molecular weight is 281 g/mol. The lowest BCUT2D eigenvalue weighted by Gasteiger charge is -2.10. The number of imidazole rings is 1. The summed E-state index contributed by atoms with van der Waals surface area (Å²) in [5.41, 5.74) is 1.06. The summed E-state index contributed by atoms with van der Waals surface area (Å²) < 4.78 is 7.22. The van der Waals surface area contributed by atoms with E-state index in [0.717, 1.165) is 5.56 Å². The van der Waals surface area contributed by atoms with Crippen LogP contribution >= 0.6 is 11.6 Å². The first-order valence-corrected chi connectivity index (χ1v) is 5.99. The van der Waals surface area contributed by atoms with Gasteiger partial charge >= 0.3 is 5.97 Å². The van der Waals surface area contributed by atoms with E-state index in [9.17, 15) is 4.79 Å². The van der Waals surface area contributed by atoms with Gasteiger partial charge in [0.15, 0.2) is 0 Å². The van der Waals surface area contributed by atoms with E-state index < -0.39 is 5.97 Å². The van der Waals surface area contributed by atoms with E-state index >= 15 is 0 Å². The van der Waals surface area contributed by atoms with E-state index in [0.29, 0.717) is 16.7 Å². The van der Waals surface area contributed by atoms with Gasteiger partial charge in [0.1, 0.15) is 28.9 Å². The minimum Gasteiger partial charge on any atom is -0.485 e. The molecule has 0 bridgehead atoms. The van der Waals surface area contributed by atoms with Crippen molar-refractivity contribution in [2.75, 3.05) is 0 Å². The number of carbonyl (C=O) groups is 1. The summed E-state index contributed by atoms with van der Waals surface area (Å²) in [6.45, 7) is 2.03. The molecule has 0 aliphatic heterocycles. The number of aromatic nitrogens is 2. The number of benzene rings is 1. The molecule has 0 fully saturated rings. The highest BCUT2D eigenvalue weighted by molar-refractivity contribution is 6.29. The highest BCUT2D eigenvalue weighted by Crippen LogP contribution is 2.21. The lowest BCUT2D eigenvalue weighted by molar-refractivity contribution is 0.0691. The Hall–Kier alpha value is -2.01. The predicted octanol–water partition coefficient (Wildman–Crippen LogP) is 2.66. The number of aromatic carboxylic acids is 1. The van der Waals surface area contributed by atoms with Crippen molar-refractivity contribution in [1.82, 2.24) is 9.55 Å². The second kappa shape index (κ2) is 5.32. The molecule has 5 nitrogen and oxygen atoms in total. The van der Waals surface area contributed by atoms with Crippen LogP contribution in [0.15, 0.2) is 24.4 Å². The summed E-state index contributed by atoms with van der Waals surface area (Å²) in [7, 11) is 1.77. The number of ether oxygens (including phenoxy) is 1. The molecule has 2 aromatic rings. The molecular weight excluding hydrogens is 268 g/mol. The lowest BCUT2D eigenvalue weighted by atomic mass is 10.1. The molecule has 6 heteroatoms. The van der Waals surface area contributed by atoms with Gasteiger partial charge in [-0.25, -0.2) is 9.78 Å². The third kappa shape index (κ3) is 2.88. The van der Waals surface area contributed by atoms with E-state index in [4.69, 9.17) is 21.4 Å². The van der Waals surface area contributed by atoms with E-state index in [1.807, 2.05) is 6.92 Å². The fourth-order valence-electron chi connectivity index (χ4n) is 1.63. The second-order valence-corrected chi connectivity index (χ2v) is 4.54. The van der Waals surface area contributed by atoms with Crippen LogP contribution in [-0.2, 0) is 13.7 Å². The molecule has 0 saturated carbocycles. The van der Waals surface area contributed by atoms with Gasteiger partial charge in [0.2, 0.25) is 0 Å². The molecule has 0 saturated heterocycles. The van der Waals surface area contributed by atoms with Crippen molar-refractivity contribution in [3.8, 4) is 5.75 Å². The maximum Gasteiger partial charge on any atom is 0.339 e. The van der Waals surface area contributed by atoms with Crippen LogP contribution in [0.25, 0.3) is 0 Å². The summed E-state index contributed by atoms with van der Waals surface area (Å²) >= 11 is 5.87. The van der Waals surface area contributed by atoms with Gasteiger partial charge < -0.3 is 14.4 Å². The summed E-state index contributed by atoms with van der Waals surface area (Å²) in [4.78, 5) is 15.2. The van der Waals surface area contributed by atoms with Crippen LogP contribution in [0.3, 0.4) is 0 Å². The first-order chi connectivity index (χ1) is 8.99. The Morgan fingerprint density at radius 2 is 2.26 bits per heavy atom. The SMILES string of the molecule is Cc1ccc(C(=O)O)c(OCc2ncc(Cl)n2C)c1. The van der Waals surface area contributed by atoms with Gasteiger partial charge in [-0.2, -0.15) is 0 Å². The van der Waals surface area contributed by atoms with Gasteiger partial charge in [0, 0.05) is 7.05 Å². The minimum absolute atomic E-state index is 0.130. The molecule has 0 spiro atoms. The maximum absolute atomic E-state index is 11.1. The zero-order chi connectivity index (χ0) is 14.0. The van der Waals surface area contributed by atoms with Gasteiger partial charge in [-0.05, 0) is 24.6 Å². The van der Waals surface area contributed by atoms with Gasteiger partial charge in [-0.1, -0.05) is 17.7 Å². The maximum atomic E-state index is 11.1. The van der Waals surface area contributed by atoms with Crippen LogP contribution in [0.4, 0.5) is 0 Å². The molecule has 19 heavy (non-hydrogen) atoms. The number of hydrogen-bond acceptors (Lipinski definition) is 3. The molecule has 0 atom stereocenters. The molecular formula is C13H13ClN2O3. The van der Waals surface area contributed by atoms with Crippen LogP contribution in [0, 0.1) is 6.92 Å². The number of aryl methyl sites for hydroxylation is 1. The van der Waals surface area contributed by atoms with Gasteiger partial charge in [-0.3, -0.25) is 0 Å². The standard InChI is InChI=1S/C13H13ClN2O3/c1-8-3-4-9(13(17)18)10(5-8)19-7-12-15-6-11(14)16(12)2/h3-6H,7H2,1-2H3,(H,17,18). The zero-order valence-electron chi connectivity index (χ0n) is 10.6. The van der Waals surface area contributed by atoms with Gasteiger partial charge in [0.05, 0.1) is 6.20 Å². The molecule has 0 amide bonds. The van der Waals surface area contributed by atoms with Crippen molar-refractivity contribution in [3.63, 3.8) is 0 Å². The molecule has 0 unspecified atom stereocenters. The highest BCUT2D eigenvalue weighted by Gasteiger charge is 2.12. The number of nitrogens with zero attached hydrogens (tertiary/aromatic N) is 2. The van der Waals surface area contributed by atoms with Crippen molar-refractivity contribution >= 4 is 17.6 Å². The smallest absolute Gasteiger partial charge is 0.339 e. The quantitative estimate of drug-likeness (QED) is 0.935. The Balaban J connectivity index is 2.21. The Bertz CT molecular complexity index is 622. The van der Waals surface area contributed by atoms with Gasteiger partial charge in [-0.15, -0.1) is 0 Å². The predicted molar refractivity (Wildman–Crippen MR) is 70.7 cm³/mol. The largest absolute Gasteiger partial charge is 0.485 e. The summed E-state index contributed by atoms with van der Waals surface area (Å²) in [6, 6.07) is 4.94. The first-order valence-electron chi connectivity index (χ1n) is 5.62. The molecule has 0 aliphatic rings. The molecule has 1 aromatic carbocycles. The monoisotopic (exact) mass is 280 g/mol. The van der Waals surface area contributed by atoms with Crippen LogP contribution in [0.1, 0.15) is 21.7 Å². The van der Waals surface area contributed by atoms with E-state index in [2.05, 4.69) is 4.98 Å². The molecule has 1 aromatic heterocycles. The molecule has 0 radical (unpaired) electrons. The lowest BCUT2D eigenvalue weighted by Crippen LogP contribution is -2.07. The molecule has 1 N–H and O–H groups in total. The number of halogens is 1. The molecule has 0 aliphatic carbocycles. The Morgan fingerprint density at radius 3 is 2.84 bits per heavy atom. The van der Waals surface area contributed by atoms with Crippen molar-refractivity contribution < 1.29 is 14.6 Å². The summed E-state index contributed by atoms with van der Waals surface area (Å²) in [5.74, 6) is -0.0673. The van der Waals surface area contributed by atoms with Crippen molar-refractivity contribution in [3.05, 3.63) is 46.5 Å². The van der Waals surface area contributed by atoms with Crippen LogP contribution in [-0.4, -0.2) is 20.6 Å². The topological polar surface area (TPSA) is 64.3 Å². The van der Waals surface area contributed by atoms with Crippen molar-refractivity contribution in [1.29, 1.82) is 0 Å².